The number of piperidine rings is 1. The molecule has 0 aromatic heterocycles. The van der Waals surface area contributed by atoms with Crippen LogP contribution in [0.1, 0.15) is 69.2 Å². The van der Waals surface area contributed by atoms with Gasteiger partial charge in [0.15, 0.2) is 0 Å². The van der Waals surface area contributed by atoms with E-state index in [-0.39, 0.29) is 29.7 Å². The Morgan fingerprint density at radius 1 is 1.10 bits per heavy atom. The standard InChI is InChI=1S/C31H37ClN2O6/c1-31(2,3)25-10-9-19-15-20(32)16-22-27(19)34(25)29(36)24(40-28(22)21-7-5-6-8-23(21)39-4)17-26(35)33-13-11-18(12-14-33)30(37)38/h5-8,15-16,18,24-25,28H,9-14,17H2,1-4H3,(H,37,38)/t24-,25-,28-/m1/s1. The van der Waals surface area contributed by atoms with Crippen LogP contribution < -0.4 is 9.64 Å². The Morgan fingerprint density at radius 2 is 1.80 bits per heavy atom. The third-order valence-electron chi connectivity index (χ3n) is 8.50. The minimum atomic E-state index is -1.04. The second-order valence-electron chi connectivity index (χ2n) is 12.1. The fourth-order valence-corrected chi connectivity index (χ4v) is 6.65. The summed E-state index contributed by atoms with van der Waals surface area (Å²) in [7, 11) is 1.60. The van der Waals surface area contributed by atoms with E-state index in [4.69, 9.17) is 21.1 Å². The number of amides is 2. The number of carboxylic acid groups (broad SMARTS) is 1. The lowest BCUT2D eigenvalue weighted by Crippen LogP contribution is -2.54. The molecule has 40 heavy (non-hydrogen) atoms. The van der Waals surface area contributed by atoms with Crippen molar-refractivity contribution in [2.24, 2.45) is 11.3 Å². The number of carbonyl (C=O) groups is 3. The quantitative estimate of drug-likeness (QED) is 0.529. The number of rotatable bonds is 5. The summed E-state index contributed by atoms with van der Waals surface area (Å²) in [5, 5.41) is 9.92. The van der Waals surface area contributed by atoms with E-state index in [1.165, 1.54) is 0 Å². The van der Waals surface area contributed by atoms with Crippen LogP contribution in [0.5, 0.6) is 5.75 Å². The number of halogens is 1. The number of likely N-dealkylation sites (tertiary alicyclic amines) is 1. The molecular formula is C31H37ClN2O6. The summed E-state index contributed by atoms with van der Waals surface area (Å²) in [6.07, 6.45) is 0.479. The van der Waals surface area contributed by atoms with Crippen LogP contribution in [0.3, 0.4) is 0 Å². The Labute approximate surface area is 240 Å². The van der Waals surface area contributed by atoms with Crippen molar-refractivity contribution in [2.75, 3.05) is 25.1 Å². The first-order chi connectivity index (χ1) is 19.0. The van der Waals surface area contributed by atoms with Gasteiger partial charge in [-0.3, -0.25) is 14.4 Å². The minimum Gasteiger partial charge on any atom is -0.496 e. The highest BCUT2D eigenvalue weighted by Crippen LogP contribution is 2.49. The molecule has 0 unspecified atom stereocenters. The smallest absolute Gasteiger partial charge is 0.306 e. The van der Waals surface area contributed by atoms with E-state index in [0.29, 0.717) is 36.7 Å². The van der Waals surface area contributed by atoms with Gasteiger partial charge in [0.25, 0.3) is 5.91 Å². The number of carbonyl (C=O) groups excluding carboxylic acids is 2. The van der Waals surface area contributed by atoms with Gasteiger partial charge in [-0.25, -0.2) is 0 Å². The topological polar surface area (TPSA) is 96.4 Å². The molecule has 5 rings (SSSR count). The van der Waals surface area contributed by atoms with E-state index < -0.39 is 24.1 Å². The fraction of sp³-hybridized carbons (Fsp3) is 0.516. The first-order valence-electron chi connectivity index (χ1n) is 13.9. The Bertz CT molecular complexity index is 1310. The molecule has 2 aromatic carbocycles. The largest absolute Gasteiger partial charge is 0.496 e. The monoisotopic (exact) mass is 568 g/mol. The lowest BCUT2D eigenvalue weighted by molar-refractivity contribution is -0.148. The van der Waals surface area contributed by atoms with Gasteiger partial charge >= 0.3 is 5.97 Å². The van der Waals surface area contributed by atoms with Gasteiger partial charge in [-0.1, -0.05) is 50.6 Å². The Morgan fingerprint density at radius 3 is 2.45 bits per heavy atom. The van der Waals surface area contributed by atoms with Crippen LogP contribution in [-0.4, -0.2) is 60.1 Å². The van der Waals surface area contributed by atoms with Gasteiger partial charge in [-0.2, -0.15) is 0 Å². The fourth-order valence-electron chi connectivity index (χ4n) is 6.40. The number of benzene rings is 2. The number of nitrogens with zero attached hydrogens (tertiary/aromatic N) is 2. The third kappa shape index (κ3) is 5.31. The van der Waals surface area contributed by atoms with Crippen LogP contribution in [0.25, 0.3) is 0 Å². The van der Waals surface area contributed by atoms with Crippen molar-refractivity contribution < 1.29 is 29.0 Å². The van der Waals surface area contributed by atoms with Crippen molar-refractivity contribution in [1.82, 2.24) is 4.90 Å². The zero-order valence-electron chi connectivity index (χ0n) is 23.5. The van der Waals surface area contributed by atoms with Crippen molar-refractivity contribution in [3.8, 4) is 5.75 Å². The van der Waals surface area contributed by atoms with Gasteiger partial charge in [0.05, 0.1) is 25.1 Å². The van der Waals surface area contributed by atoms with E-state index in [2.05, 4.69) is 20.8 Å². The highest BCUT2D eigenvalue weighted by atomic mass is 35.5. The maximum atomic E-state index is 14.4. The second kappa shape index (κ2) is 11.1. The average molecular weight is 569 g/mol. The molecule has 8 nitrogen and oxygen atoms in total. The first kappa shape index (κ1) is 28.4. The molecule has 0 saturated carbocycles. The summed E-state index contributed by atoms with van der Waals surface area (Å²) in [4.78, 5) is 42.9. The van der Waals surface area contributed by atoms with Crippen molar-refractivity contribution in [1.29, 1.82) is 0 Å². The van der Waals surface area contributed by atoms with E-state index in [1.807, 2.05) is 41.3 Å². The van der Waals surface area contributed by atoms with Gasteiger partial charge in [0, 0.05) is 35.3 Å². The maximum absolute atomic E-state index is 14.4. The maximum Gasteiger partial charge on any atom is 0.306 e. The number of ether oxygens (including phenoxy) is 2. The number of methoxy groups -OCH3 is 1. The molecular weight excluding hydrogens is 532 g/mol. The number of aryl methyl sites for hydroxylation is 1. The van der Waals surface area contributed by atoms with Crippen LogP contribution in [0.15, 0.2) is 36.4 Å². The van der Waals surface area contributed by atoms with E-state index in [9.17, 15) is 19.5 Å². The number of hydrogen-bond acceptors (Lipinski definition) is 5. The highest BCUT2D eigenvalue weighted by Gasteiger charge is 2.47. The van der Waals surface area contributed by atoms with Crippen LogP contribution in [0.4, 0.5) is 5.69 Å². The van der Waals surface area contributed by atoms with Gasteiger partial charge in [-0.15, -0.1) is 0 Å². The van der Waals surface area contributed by atoms with E-state index in [1.54, 1.807) is 12.0 Å². The summed E-state index contributed by atoms with van der Waals surface area (Å²) >= 11 is 6.64. The van der Waals surface area contributed by atoms with Crippen molar-refractivity contribution >= 4 is 35.1 Å². The molecule has 0 spiro atoms. The predicted octanol–water partition coefficient (Wildman–Crippen LogP) is 5.24. The molecule has 1 saturated heterocycles. The van der Waals surface area contributed by atoms with Gasteiger partial charge in [-0.05, 0) is 54.9 Å². The minimum absolute atomic E-state index is 0.101. The molecule has 3 heterocycles. The number of para-hydroxylation sites is 1. The molecule has 2 aromatic rings. The molecule has 9 heteroatoms. The zero-order chi connectivity index (χ0) is 28.8. The normalized spacial score (nSPS) is 23.4. The van der Waals surface area contributed by atoms with Gasteiger partial charge in [0.2, 0.25) is 5.91 Å². The molecule has 0 radical (unpaired) electrons. The van der Waals surface area contributed by atoms with Crippen molar-refractivity contribution in [2.45, 2.75) is 71.1 Å². The zero-order valence-corrected chi connectivity index (χ0v) is 24.2. The summed E-state index contributed by atoms with van der Waals surface area (Å²) in [6.45, 7) is 7.08. The molecule has 1 N–H and O–H groups in total. The first-order valence-corrected chi connectivity index (χ1v) is 14.3. The van der Waals surface area contributed by atoms with Crippen molar-refractivity contribution in [3.05, 3.63) is 58.1 Å². The summed E-state index contributed by atoms with van der Waals surface area (Å²) in [5.74, 6) is -1.12. The van der Waals surface area contributed by atoms with E-state index >= 15 is 0 Å². The summed E-state index contributed by atoms with van der Waals surface area (Å²) < 4.78 is 12.3. The molecule has 3 aliphatic rings. The molecule has 3 atom stereocenters. The molecule has 214 valence electrons. The average Bonchev–Trinajstić information content (AvgIpc) is 3.03. The third-order valence-corrected chi connectivity index (χ3v) is 8.71. The molecule has 2 amide bonds. The lowest BCUT2D eigenvalue weighted by Gasteiger charge is -2.45. The molecule has 3 aliphatic heterocycles. The van der Waals surface area contributed by atoms with Gasteiger partial charge < -0.3 is 24.4 Å². The van der Waals surface area contributed by atoms with Crippen LogP contribution in [0, 0.1) is 11.3 Å². The Kier molecular flexibility index (Phi) is 7.86. The SMILES string of the molecule is COc1ccccc1[C@H]1O[C@H](CC(=O)N2CCC(C(=O)O)CC2)C(=O)N2c3c(cc(Cl)cc31)CC[C@@H]2C(C)(C)C. The molecule has 1 fully saturated rings. The summed E-state index contributed by atoms with van der Waals surface area (Å²) in [5.41, 5.74) is 3.12. The van der Waals surface area contributed by atoms with Crippen LogP contribution in [-0.2, 0) is 25.5 Å². The number of carboxylic acids is 1. The second-order valence-corrected chi connectivity index (χ2v) is 12.5. The van der Waals surface area contributed by atoms with Crippen molar-refractivity contribution in [3.63, 3.8) is 0 Å². The Balaban J connectivity index is 1.58. The van der Waals surface area contributed by atoms with Crippen LogP contribution in [0.2, 0.25) is 5.02 Å². The van der Waals surface area contributed by atoms with Crippen LogP contribution >= 0.6 is 11.6 Å². The predicted molar refractivity (Wildman–Crippen MR) is 152 cm³/mol. The number of hydrogen-bond donors (Lipinski definition) is 1. The van der Waals surface area contributed by atoms with Gasteiger partial charge in [0.1, 0.15) is 18.0 Å². The summed E-state index contributed by atoms with van der Waals surface area (Å²) in [6, 6.07) is 11.2. The number of anilines is 1. The lowest BCUT2D eigenvalue weighted by atomic mass is 9.78. The van der Waals surface area contributed by atoms with E-state index in [0.717, 1.165) is 35.2 Å². The highest BCUT2D eigenvalue weighted by molar-refractivity contribution is 6.31. The molecule has 0 aliphatic carbocycles. The Hall–Kier alpha value is -3.10. The molecule has 0 bridgehead atoms. The number of aliphatic carboxylic acids is 1.